The molecular weight excluding hydrogens is 387 g/mol. The largest absolute Gasteiger partial charge is 0.396 e. The molecule has 0 saturated carbocycles. The fourth-order valence-electron chi connectivity index (χ4n) is 1.15. The van der Waals surface area contributed by atoms with Gasteiger partial charge in [0, 0.05) is 26.5 Å². The van der Waals surface area contributed by atoms with E-state index in [4.69, 9.17) is 5.73 Å². The molecule has 2 aromatic rings. The van der Waals surface area contributed by atoms with Crippen molar-refractivity contribution < 1.29 is 42.9 Å². The molecule has 0 aliphatic heterocycles. The summed E-state index contributed by atoms with van der Waals surface area (Å²) in [6.45, 7) is 0. The van der Waals surface area contributed by atoms with Gasteiger partial charge in [0.15, 0.2) is 17.5 Å². The van der Waals surface area contributed by atoms with Crippen LogP contribution in [0.5, 0.6) is 0 Å². The van der Waals surface area contributed by atoms with Crippen molar-refractivity contribution in [2.45, 2.75) is 0 Å². The quantitative estimate of drug-likeness (QED) is 0.265. The maximum absolute atomic E-state index is 12.4. The number of hydrogen-bond donors (Lipinski definition) is 1. The van der Waals surface area contributed by atoms with Crippen molar-refractivity contribution in [2.24, 2.45) is 0 Å². The van der Waals surface area contributed by atoms with E-state index < -0.39 is 33.9 Å². The first kappa shape index (κ1) is 19.0. The van der Waals surface area contributed by atoms with Crippen LogP contribution in [-0.4, -0.2) is 4.92 Å². The van der Waals surface area contributed by atoms with Gasteiger partial charge in [0.05, 0.1) is 10.6 Å². The number of benzene rings is 2. The van der Waals surface area contributed by atoms with Gasteiger partial charge in [-0.1, -0.05) is 12.1 Å². The van der Waals surface area contributed by atoms with E-state index in [1.807, 2.05) is 0 Å². The molecule has 0 spiro atoms. The van der Waals surface area contributed by atoms with Crippen molar-refractivity contribution in [1.82, 2.24) is 0 Å². The number of anilines is 1. The van der Waals surface area contributed by atoms with Crippen LogP contribution in [0.2, 0.25) is 0 Å². The Morgan fingerprint density at radius 3 is 1.76 bits per heavy atom. The summed E-state index contributed by atoms with van der Waals surface area (Å²) in [4.78, 5) is 9.00. The summed E-state index contributed by atoms with van der Waals surface area (Å²) in [5.74, 6) is -4.51. The van der Waals surface area contributed by atoms with Crippen molar-refractivity contribution in [3.8, 4) is 0 Å². The molecular formula is C12H8F4N2O2Pd. The molecule has 0 unspecified atom stereocenters. The first-order chi connectivity index (χ1) is 9.34. The molecule has 116 valence electrons. The number of nitrogens with zero attached hydrogens (tertiary/aromatic N) is 1. The fourth-order valence-corrected chi connectivity index (χ4v) is 1.15. The Morgan fingerprint density at radius 1 is 0.905 bits per heavy atom. The normalized spacial score (nSPS) is 9.14. The Kier molecular flexibility index (Phi) is 7.56. The van der Waals surface area contributed by atoms with Gasteiger partial charge in [0.1, 0.15) is 0 Å². The second-order valence-corrected chi connectivity index (χ2v) is 3.47. The van der Waals surface area contributed by atoms with Gasteiger partial charge in [-0.25, -0.2) is 13.2 Å². The summed E-state index contributed by atoms with van der Waals surface area (Å²) in [7, 11) is 0. The maximum atomic E-state index is 12.4. The Hall–Kier alpha value is -1.98. The van der Waals surface area contributed by atoms with Crippen LogP contribution >= 0.6 is 0 Å². The predicted octanol–water partition coefficient (Wildman–Crippen LogP) is 3.42. The zero-order valence-electron chi connectivity index (χ0n) is 10.1. The van der Waals surface area contributed by atoms with E-state index >= 15 is 0 Å². The van der Waals surface area contributed by atoms with Crippen LogP contribution in [0.3, 0.4) is 0 Å². The van der Waals surface area contributed by atoms with Gasteiger partial charge in [-0.2, -0.15) is 4.39 Å². The first-order valence-electron chi connectivity index (χ1n) is 5.12. The zero-order chi connectivity index (χ0) is 15.3. The summed E-state index contributed by atoms with van der Waals surface area (Å²) >= 11 is 0. The topological polar surface area (TPSA) is 69.2 Å². The van der Waals surface area contributed by atoms with Crippen molar-refractivity contribution in [3.63, 3.8) is 0 Å². The maximum Gasteiger partial charge on any atom is 0.307 e. The molecule has 0 heterocycles. The molecule has 0 aromatic heterocycles. The molecule has 0 radical (unpaired) electrons. The molecule has 0 bridgehead atoms. The third-order valence-corrected chi connectivity index (χ3v) is 2.11. The molecule has 0 fully saturated rings. The van der Waals surface area contributed by atoms with Crippen molar-refractivity contribution in [2.75, 3.05) is 5.73 Å². The summed E-state index contributed by atoms with van der Waals surface area (Å²) in [6, 6.07) is 6.48. The Morgan fingerprint density at radius 2 is 1.38 bits per heavy atom. The van der Waals surface area contributed by atoms with Gasteiger partial charge in [-0.15, -0.1) is 0 Å². The minimum absolute atomic E-state index is 0. The predicted molar refractivity (Wildman–Crippen MR) is 63.8 cm³/mol. The summed E-state index contributed by atoms with van der Waals surface area (Å²) < 4.78 is 49.1. The van der Waals surface area contributed by atoms with Crippen molar-refractivity contribution in [1.29, 1.82) is 0 Å². The van der Waals surface area contributed by atoms with Crippen LogP contribution < -0.4 is 5.73 Å². The standard InChI is InChI=1S/C6H3F2NO2.C6H5F2N.Pd/c7-4-2-1-3-5(6(4)8)9(10)11;7-4-2-1-3-5(9)6(4)8;/h1-3H;1-3H,9H2;. The van der Waals surface area contributed by atoms with E-state index in [1.165, 1.54) is 12.1 Å². The molecule has 4 nitrogen and oxygen atoms in total. The minimum atomic E-state index is -1.42. The van der Waals surface area contributed by atoms with Crippen molar-refractivity contribution >= 4 is 11.4 Å². The van der Waals surface area contributed by atoms with Gasteiger partial charge in [0.25, 0.3) is 0 Å². The smallest absolute Gasteiger partial charge is 0.307 e. The average Bonchev–Trinajstić information content (AvgIpc) is 2.39. The van der Waals surface area contributed by atoms with Crippen LogP contribution in [0.1, 0.15) is 0 Å². The van der Waals surface area contributed by atoms with E-state index in [0.29, 0.717) is 0 Å². The molecule has 9 heteroatoms. The van der Waals surface area contributed by atoms with Crippen LogP contribution in [0.4, 0.5) is 28.9 Å². The number of halogens is 4. The van der Waals surface area contributed by atoms with E-state index in [9.17, 15) is 27.7 Å². The molecule has 2 N–H and O–H groups in total. The van der Waals surface area contributed by atoms with E-state index in [0.717, 1.165) is 24.3 Å². The molecule has 0 aliphatic rings. The fraction of sp³-hybridized carbons (Fsp3) is 0. The number of nitrogens with two attached hydrogens (primary N) is 1. The Bertz CT molecular complexity index is 620. The van der Waals surface area contributed by atoms with Crippen LogP contribution in [0.15, 0.2) is 36.4 Å². The molecule has 0 atom stereocenters. The number of nitrogen functional groups attached to an aromatic ring is 1. The second kappa shape index (κ2) is 8.34. The average molecular weight is 395 g/mol. The van der Waals surface area contributed by atoms with Gasteiger partial charge in [-0.3, -0.25) is 10.1 Å². The van der Waals surface area contributed by atoms with Crippen molar-refractivity contribution in [3.05, 3.63) is 69.8 Å². The first-order valence-corrected chi connectivity index (χ1v) is 5.12. The number of rotatable bonds is 1. The Labute approximate surface area is 130 Å². The molecule has 2 rings (SSSR count). The van der Waals surface area contributed by atoms with E-state index in [-0.39, 0.29) is 26.1 Å². The van der Waals surface area contributed by atoms with Crippen LogP contribution in [-0.2, 0) is 20.4 Å². The monoisotopic (exact) mass is 394 g/mol. The van der Waals surface area contributed by atoms with Gasteiger partial charge < -0.3 is 5.73 Å². The minimum Gasteiger partial charge on any atom is -0.396 e. The number of hydrogen-bond acceptors (Lipinski definition) is 3. The van der Waals surface area contributed by atoms with Gasteiger partial charge >= 0.3 is 5.69 Å². The summed E-state index contributed by atoms with van der Waals surface area (Å²) in [5, 5.41) is 9.97. The van der Waals surface area contributed by atoms with Crippen LogP contribution in [0.25, 0.3) is 0 Å². The third kappa shape index (κ3) is 5.13. The van der Waals surface area contributed by atoms with Gasteiger partial charge in [0.2, 0.25) is 5.82 Å². The molecule has 2 aromatic carbocycles. The number of nitro groups is 1. The summed E-state index contributed by atoms with van der Waals surface area (Å²) in [5.41, 5.74) is 4.01. The SMILES string of the molecule is Nc1cccc(F)c1F.O=[N+]([O-])c1cccc(F)c1F.[Pd]. The zero-order valence-corrected chi connectivity index (χ0v) is 11.7. The van der Waals surface area contributed by atoms with Gasteiger partial charge in [-0.05, 0) is 18.2 Å². The van der Waals surface area contributed by atoms with E-state index in [2.05, 4.69) is 0 Å². The second-order valence-electron chi connectivity index (χ2n) is 3.47. The Balaban J connectivity index is 0.000000370. The molecule has 0 saturated heterocycles. The molecule has 0 amide bonds. The van der Waals surface area contributed by atoms with E-state index in [1.54, 1.807) is 0 Å². The molecule has 21 heavy (non-hydrogen) atoms. The summed E-state index contributed by atoms with van der Waals surface area (Å²) in [6.07, 6.45) is 0. The van der Waals surface area contributed by atoms with Crippen LogP contribution in [0, 0.1) is 33.4 Å². The third-order valence-electron chi connectivity index (χ3n) is 2.11. The molecule has 0 aliphatic carbocycles. The number of nitro benzene ring substituents is 1.